The topological polar surface area (TPSA) is 114 Å². The lowest BCUT2D eigenvalue weighted by molar-refractivity contribution is -0.456. The van der Waals surface area contributed by atoms with E-state index in [1.54, 1.807) is 12.1 Å². The van der Waals surface area contributed by atoms with Crippen molar-refractivity contribution in [3.05, 3.63) is 62.7 Å². The molecule has 1 aromatic heterocycles. The monoisotopic (exact) mass is 420 g/mol. The molecule has 0 saturated carbocycles. The maximum absolute atomic E-state index is 12.2. The van der Waals surface area contributed by atoms with Crippen LogP contribution in [0.5, 0.6) is 0 Å². The fourth-order valence-electron chi connectivity index (χ4n) is 2.55. The number of thioether (sulfide) groups is 1. The number of nitrogens with zero attached hydrogens (tertiary/aromatic N) is 1. The molecule has 0 radical (unpaired) electrons. The van der Waals surface area contributed by atoms with Crippen molar-refractivity contribution < 1.29 is 9.72 Å². The second-order valence-corrected chi connectivity index (χ2v) is 7.10. The normalized spacial score (nSPS) is 10.8. The van der Waals surface area contributed by atoms with Gasteiger partial charge in [0.25, 0.3) is 11.8 Å². The first-order valence-corrected chi connectivity index (χ1v) is 8.94. The van der Waals surface area contributed by atoms with Crippen molar-refractivity contribution in [2.24, 2.45) is 5.84 Å². The number of H-pyrrole nitrogens is 1. The smallest absolute Gasteiger partial charge is 0.282 e. The van der Waals surface area contributed by atoms with Gasteiger partial charge in [0, 0.05) is 30.8 Å². The first-order valence-electron chi connectivity index (χ1n) is 7.17. The highest BCUT2D eigenvalue weighted by molar-refractivity contribution is 9.10. The number of amides is 1. The summed E-state index contributed by atoms with van der Waals surface area (Å²) in [6.07, 6.45) is 0. The average molecular weight is 421 g/mol. The number of aromatic nitrogens is 1. The Morgan fingerprint density at radius 3 is 2.64 bits per heavy atom. The number of hydrogen-bond acceptors (Lipinski definition) is 5. The van der Waals surface area contributed by atoms with Gasteiger partial charge in [-0.2, -0.15) is 0 Å². The van der Waals surface area contributed by atoms with Gasteiger partial charge >= 0.3 is 0 Å². The van der Waals surface area contributed by atoms with Crippen LogP contribution in [-0.4, -0.2) is 21.7 Å². The third kappa shape index (κ3) is 3.68. The van der Waals surface area contributed by atoms with Gasteiger partial charge in [-0.1, -0.05) is 28.1 Å². The van der Waals surface area contributed by atoms with Crippen LogP contribution in [0.25, 0.3) is 22.0 Å². The molecule has 0 aliphatic heterocycles. The Bertz CT molecular complexity index is 956. The van der Waals surface area contributed by atoms with Gasteiger partial charge < -0.3 is 4.98 Å². The number of nitrogen functional groups attached to an aromatic ring is 1. The second kappa shape index (κ2) is 7.26. The van der Waals surface area contributed by atoms with Crippen molar-refractivity contribution >= 4 is 44.5 Å². The third-order valence-electron chi connectivity index (χ3n) is 3.60. The summed E-state index contributed by atoms with van der Waals surface area (Å²) in [5.41, 5.74) is 4.78. The Morgan fingerprint density at radius 2 is 2.00 bits per heavy atom. The van der Waals surface area contributed by atoms with E-state index in [1.165, 1.54) is 0 Å². The Balaban J connectivity index is 2.17. The summed E-state index contributed by atoms with van der Waals surface area (Å²) in [5.74, 6) is 4.64. The molecule has 0 bridgehead atoms. The Morgan fingerprint density at radius 1 is 1.28 bits per heavy atom. The van der Waals surface area contributed by atoms with Crippen LogP contribution in [0.1, 0.15) is 10.5 Å². The summed E-state index contributed by atoms with van der Waals surface area (Å²) >= 11 is 4.52. The molecule has 0 aliphatic rings. The van der Waals surface area contributed by atoms with Crippen LogP contribution in [-0.2, 0) is 0 Å². The minimum atomic E-state index is -0.436. The quantitative estimate of drug-likeness (QED) is 0.146. The molecule has 1 amide bonds. The predicted octanol–water partition coefficient (Wildman–Crippen LogP) is 3.53. The molecule has 3 rings (SSSR count). The molecular formula is C16H13BrN4O3S. The van der Waals surface area contributed by atoms with Gasteiger partial charge in [0.2, 0.25) is 0 Å². The zero-order valence-electron chi connectivity index (χ0n) is 12.8. The van der Waals surface area contributed by atoms with E-state index in [0.29, 0.717) is 11.3 Å². The van der Waals surface area contributed by atoms with Crippen LogP contribution in [0.4, 0.5) is 0 Å². The summed E-state index contributed by atoms with van der Waals surface area (Å²) in [5, 5.41) is 11.4. The number of nitrogens with two attached hydrogens (primary N) is 1. The predicted molar refractivity (Wildman–Crippen MR) is 101 cm³/mol. The summed E-state index contributed by atoms with van der Waals surface area (Å²) in [6, 6.07) is 12.9. The maximum atomic E-state index is 12.2. The van der Waals surface area contributed by atoms with E-state index < -0.39 is 5.91 Å². The fourth-order valence-corrected chi connectivity index (χ4v) is 3.43. The Kier molecular flexibility index (Phi) is 5.07. The first kappa shape index (κ1) is 17.5. The summed E-state index contributed by atoms with van der Waals surface area (Å²) in [7, 11) is 0. The van der Waals surface area contributed by atoms with Crippen LogP contribution in [0.2, 0.25) is 0 Å². The second-order valence-electron chi connectivity index (χ2n) is 5.17. The number of aromatic amines is 1. The molecule has 7 nitrogen and oxygen atoms in total. The van der Waals surface area contributed by atoms with Crippen molar-refractivity contribution in [1.29, 1.82) is 0 Å². The van der Waals surface area contributed by atoms with Crippen LogP contribution >= 0.6 is 27.7 Å². The maximum Gasteiger partial charge on any atom is 0.282 e. The van der Waals surface area contributed by atoms with Gasteiger partial charge in [-0.15, -0.1) is 0 Å². The number of rotatable bonds is 5. The zero-order valence-corrected chi connectivity index (χ0v) is 15.2. The van der Waals surface area contributed by atoms with Gasteiger partial charge in [-0.25, -0.2) is 5.84 Å². The lowest BCUT2D eigenvalue weighted by Crippen LogP contribution is -2.30. The molecule has 0 saturated heterocycles. The van der Waals surface area contributed by atoms with E-state index in [1.807, 2.05) is 30.3 Å². The van der Waals surface area contributed by atoms with E-state index >= 15 is 0 Å². The van der Waals surface area contributed by atoms with E-state index in [9.17, 15) is 14.9 Å². The van der Waals surface area contributed by atoms with Crippen molar-refractivity contribution in [1.82, 2.24) is 10.4 Å². The molecule has 0 aliphatic carbocycles. The Labute approximate surface area is 155 Å². The molecule has 0 spiro atoms. The summed E-state index contributed by atoms with van der Waals surface area (Å²) in [4.78, 5) is 26.2. The molecule has 0 unspecified atom stereocenters. The first-order chi connectivity index (χ1) is 12.0. The number of nitro groups is 1. The van der Waals surface area contributed by atoms with E-state index in [4.69, 9.17) is 5.84 Å². The van der Waals surface area contributed by atoms with E-state index in [0.717, 1.165) is 37.6 Å². The highest BCUT2D eigenvalue weighted by Crippen LogP contribution is 2.35. The third-order valence-corrected chi connectivity index (χ3v) is 5.05. The average Bonchev–Trinajstić information content (AvgIpc) is 2.98. The standard InChI is InChI=1S/C16H13BrN4O3S/c17-10-3-1-9(2-4-10)14-12-7-11(25-8-21(23)24)5-6-13(12)19-15(14)16(22)20-18/h1-7,19H,8,18H2,(H,20,22). The van der Waals surface area contributed by atoms with Crippen LogP contribution in [0.15, 0.2) is 51.8 Å². The molecule has 0 atom stereocenters. The number of carbonyl (C=O) groups is 1. The fraction of sp³-hybridized carbons (Fsp3) is 0.0625. The van der Waals surface area contributed by atoms with Crippen molar-refractivity contribution in [3.63, 3.8) is 0 Å². The molecule has 3 aromatic rings. The van der Waals surface area contributed by atoms with Crippen molar-refractivity contribution in [3.8, 4) is 11.1 Å². The molecule has 25 heavy (non-hydrogen) atoms. The van der Waals surface area contributed by atoms with Gasteiger partial charge in [0.15, 0.2) is 0 Å². The van der Waals surface area contributed by atoms with Crippen molar-refractivity contribution in [2.45, 2.75) is 4.90 Å². The molecule has 2 aromatic carbocycles. The number of halogens is 1. The van der Waals surface area contributed by atoms with Crippen LogP contribution < -0.4 is 11.3 Å². The van der Waals surface area contributed by atoms with Gasteiger partial charge in [0.05, 0.1) is 0 Å². The number of fused-ring (bicyclic) bond motifs is 1. The zero-order chi connectivity index (χ0) is 18.0. The van der Waals surface area contributed by atoms with Gasteiger partial charge in [0.1, 0.15) is 5.69 Å². The number of benzene rings is 2. The highest BCUT2D eigenvalue weighted by Gasteiger charge is 2.19. The lowest BCUT2D eigenvalue weighted by atomic mass is 10.0. The minimum Gasteiger partial charge on any atom is -0.350 e. The minimum absolute atomic E-state index is 0.223. The molecule has 0 fully saturated rings. The molecule has 1 heterocycles. The van der Waals surface area contributed by atoms with Crippen LogP contribution in [0, 0.1) is 10.1 Å². The summed E-state index contributed by atoms with van der Waals surface area (Å²) < 4.78 is 0.920. The number of carbonyl (C=O) groups excluding carboxylic acids is 1. The van der Waals surface area contributed by atoms with Crippen molar-refractivity contribution in [2.75, 3.05) is 5.88 Å². The molecule has 9 heteroatoms. The molecule has 4 N–H and O–H groups in total. The SMILES string of the molecule is NNC(=O)c1[nH]c2ccc(SC[N+](=O)[O-])cc2c1-c1ccc(Br)cc1. The number of nitrogens with one attached hydrogen (secondary N) is 2. The van der Waals surface area contributed by atoms with E-state index in [2.05, 4.69) is 26.3 Å². The van der Waals surface area contributed by atoms with Gasteiger partial charge in [-0.3, -0.25) is 20.3 Å². The number of hydrogen-bond donors (Lipinski definition) is 3. The highest BCUT2D eigenvalue weighted by atomic mass is 79.9. The van der Waals surface area contributed by atoms with Gasteiger partial charge in [-0.05, 0) is 47.7 Å². The largest absolute Gasteiger partial charge is 0.350 e. The molecular weight excluding hydrogens is 408 g/mol. The number of hydrazine groups is 1. The lowest BCUT2D eigenvalue weighted by Gasteiger charge is -2.05. The van der Waals surface area contributed by atoms with E-state index in [-0.39, 0.29) is 10.8 Å². The van der Waals surface area contributed by atoms with Crippen LogP contribution in [0.3, 0.4) is 0 Å². The summed E-state index contributed by atoms with van der Waals surface area (Å²) in [6.45, 7) is 0. The molecule has 128 valence electrons. The Hall–Kier alpha value is -2.36.